The van der Waals surface area contributed by atoms with Crippen LogP contribution in [0.1, 0.15) is 25.5 Å². The normalized spacial score (nSPS) is 14.2. The highest BCUT2D eigenvalue weighted by Gasteiger charge is 2.13. The van der Waals surface area contributed by atoms with Crippen LogP contribution in [0.2, 0.25) is 0 Å². The number of benzene rings is 1. The van der Waals surface area contributed by atoms with Crippen LogP contribution in [-0.4, -0.2) is 36.4 Å². The molecule has 4 heteroatoms. The molecule has 0 heterocycles. The highest BCUT2D eigenvalue weighted by Crippen LogP contribution is 2.24. The molecule has 2 atom stereocenters. The van der Waals surface area contributed by atoms with Gasteiger partial charge in [0.05, 0.1) is 13.7 Å². The largest absolute Gasteiger partial charge is 0.497 e. The standard InChI is InChI=1S/C14H23NO2S/c1-4-15-14(10-18-11(2)9-16)12-6-5-7-13(8-12)17-3/h5-8,11,14-16H,4,9-10H2,1-3H3. The van der Waals surface area contributed by atoms with Crippen molar-refractivity contribution >= 4 is 11.8 Å². The van der Waals surface area contributed by atoms with Gasteiger partial charge in [-0.25, -0.2) is 0 Å². The molecular weight excluding hydrogens is 246 g/mol. The SMILES string of the molecule is CCNC(CSC(C)CO)c1cccc(OC)c1. The lowest BCUT2D eigenvalue weighted by molar-refractivity contribution is 0.300. The van der Waals surface area contributed by atoms with E-state index in [1.54, 1.807) is 18.9 Å². The number of aliphatic hydroxyl groups is 1. The minimum Gasteiger partial charge on any atom is -0.497 e. The van der Waals surface area contributed by atoms with E-state index in [1.807, 2.05) is 19.1 Å². The minimum atomic E-state index is 0.224. The minimum absolute atomic E-state index is 0.224. The van der Waals surface area contributed by atoms with Crippen molar-refractivity contribution in [2.45, 2.75) is 25.1 Å². The monoisotopic (exact) mass is 269 g/mol. The van der Waals surface area contributed by atoms with Gasteiger partial charge in [-0.15, -0.1) is 0 Å². The second-order valence-electron chi connectivity index (χ2n) is 4.21. The Labute approximate surface area is 114 Å². The average Bonchev–Trinajstić information content (AvgIpc) is 2.43. The Bertz CT molecular complexity index is 346. The van der Waals surface area contributed by atoms with Crippen molar-refractivity contribution in [1.29, 1.82) is 0 Å². The van der Waals surface area contributed by atoms with Crippen LogP contribution in [0.15, 0.2) is 24.3 Å². The van der Waals surface area contributed by atoms with Crippen LogP contribution < -0.4 is 10.1 Å². The number of aliphatic hydroxyl groups excluding tert-OH is 1. The molecule has 1 rings (SSSR count). The van der Waals surface area contributed by atoms with Gasteiger partial charge in [0.15, 0.2) is 0 Å². The van der Waals surface area contributed by atoms with Gasteiger partial charge in [-0.2, -0.15) is 11.8 Å². The van der Waals surface area contributed by atoms with E-state index in [0.29, 0.717) is 6.04 Å². The van der Waals surface area contributed by atoms with E-state index in [-0.39, 0.29) is 11.9 Å². The summed E-state index contributed by atoms with van der Waals surface area (Å²) >= 11 is 1.78. The van der Waals surface area contributed by atoms with Gasteiger partial charge in [0.1, 0.15) is 5.75 Å². The average molecular weight is 269 g/mol. The van der Waals surface area contributed by atoms with Crippen molar-refractivity contribution in [3.05, 3.63) is 29.8 Å². The second-order valence-corrected chi connectivity index (χ2v) is 5.68. The quantitative estimate of drug-likeness (QED) is 0.761. The third kappa shape index (κ3) is 4.88. The lowest BCUT2D eigenvalue weighted by Crippen LogP contribution is -2.24. The number of thioether (sulfide) groups is 1. The number of nitrogens with one attached hydrogen (secondary N) is 1. The molecule has 0 aliphatic heterocycles. The summed E-state index contributed by atoms with van der Waals surface area (Å²) in [6.07, 6.45) is 0. The molecular formula is C14H23NO2S. The van der Waals surface area contributed by atoms with Gasteiger partial charge in [0.25, 0.3) is 0 Å². The Morgan fingerprint density at radius 3 is 2.83 bits per heavy atom. The maximum absolute atomic E-state index is 9.07. The van der Waals surface area contributed by atoms with Crippen molar-refractivity contribution < 1.29 is 9.84 Å². The molecule has 0 saturated carbocycles. The Balaban J connectivity index is 2.69. The number of rotatable bonds is 8. The first-order chi connectivity index (χ1) is 8.71. The summed E-state index contributed by atoms with van der Waals surface area (Å²) in [5.74, 6) is 1.83. The molecule has 0 saturated heterocycles. The zero-order valence-corrected chi connectivity index (χ0v) is 12.2. The van der Waals surface area contributed by atoms with Gasteiger partial charge < -0.3 is 15.2 Å². The molecule has 1 aromatic rings. The zero-order valence-electron chi connectivity index (χ0n) is 11.3. The van der Waals surface area contributed by atoms with Crippen LogP contribution in [-0.2, 0) is 0 Å². The second kappa shape index (κ2) is 8.40. The molecule has 0 aliphatic rings. The molecule has 0 spiro atoms. The fourth-order valence-electron chi connectivity index (χ4n) is 1.69. The van der Waals surface area contributed by atoms with Crippen LogP contribution in [0, 0.1) is 0 Å². The first-order valence-corrected chi connectivity index (χ1v) is 7.35. The van der Waals surface area contributed by atoms with Crippen molar-refractivity contribution in [1.82, 2.24) is 5.32 Å². The number of hydrogen-bond donors (Lipinski definition) is 2. The van der Waals surface area contributed by atoms with Gasteiger partial charge >= 0.3 is 0 Å². The Kier molecular flexibility index (Phi) is 7.16. The summed E-state index contributed by atoms with van der Waals surface area (Å²) in [6, 6.07) is 8.44. The van der Waals surface area contributed by atoms with E-state index in [0.717, 1.165) is 18.0 Å². The van der Waals surface area contributed by atoms with E-state index in [2.05, 4.69) is 24.4 Å². The van der Waals surface area contributed by atoms with Crippen LogP contribution >= 0.6 is 11.8 Å². The third-order valence-electron chi connectivity index (χ3n) is 2.75. The maximum Gasteiger partial charge on any atom is 0.119 e. The zero-order chi connectivity index (χ0) is 13.4. The van der Waals surface area contributed by atoms with E-state index in [1.165, 1.54) is 5.56 Å². The highest BCUT2D eigenvalue weighted by atomic mass is 32.2. The van der Waals surface area contributed by atoms with E-state index in [9.17, 15) is 0 Å². The molecule has 18 heavy (non-hydrogen) atoms. The lowest BCUT2D eigenvalue weighted by atomic mass is 10.1. The molecule has 0 fully saturated rings. The summed E-state index contributed by atoms with van der Waals surface area (Å²) in [5.41, 5.74) is 1.23. The molecule has 0 aliphatic carbocycles. The van der Waals surface area contributed by atoms with Crippen molar-refractivity contribution in [3.8, 4) is 5.75 Å². The predicted octanol–water partition coefficient (Wildman–Crippen LogP) is 2.46. The van der Waals surface area contributed by atoms with E-state index >= 15 is 0 Å². The topological polar surface area (TPSA) is 41.5 Å². The third-order valence-corrected chi connectivity index (χ3v) is 4.00. The summed E-state index contributed by atoms with van der Waals surface area (Å²) in [7, 11) is 1.68. The lowest BCUT2D eigenvalue weighted by Gasteiger charge is -2.20. The molecule has 0 amide bonds. The van der Waals surface area contributed by atoms with E-state index in [4.69, 9.17) is 9.84 Å². The molecule has 0 aromatic heterocycles. The molecule has 102 valence electrons. The van der Waals surface area contributed by atoms with Gasteiger partial charge in [-0.1, -0.05) is 26.0 Å². The molecule has 2 N–H and O–H groups in total. The Morgan fingerprint density at radius 1 is 1.44 bits per heavy atom. The van der Waals surface area contributed by atoms with Gasteiger partial charge in [0, 0.05) is 17.0 Å². The summed E-state index contributed by atoms with van der Waals surface area (Å²) in [6.45, 7) is 5.30. The van der Waals surface area contributed by atoms with Crippen molar-refractivity contribution in [2.24, 2.45) is 0 Å². The molecule has 0 bridgehead atoms. The summed E-state index contributed by atoms with van der Waals surface area (Å²) < 4.78 is 5.26. The van der Waals surface area contributed by atoms with Crippen molar-refractivity contribution in [3.63, 3.8) is 0 Å². The van der Waals surface area contributed by atoms with Crippen molar-refractivity contribution in [2.75, 3.05) is 26.0 Å². The fourth-order valence-corrected chi connectivity index (χ4v) is 2.63. The predicted molar refractivity (Wildman–Crippen MR) is 78.4 cm³/mol. The molecule has 1 aromatic carbocycles. The first kappa shape index (κ1) is 15.3. The molecule has 3 nitrogen and oxygen atoms in total. The van der Waals surface area contributed by atoms with Gasteiger partial charge in [-0.05, 0) is 24.2 Å². The van der Waals surface area contributed by atoms with Crippen LogP contribution in [0.25, 0.3) is 0 Å². The maximum atomic E-state index is 9.07. The summed E-state index contributed by atoms with van der Waals surface area (Å²) in [5, 5.41) is 12.8. The molecule has 2 unspecified atom stereocenters. The number of ether oxygens (including phenoxy) is 1. The fraction of sp³-hybridized carbons (Fsp3) is 0.571. The van der Waals surface area contributed by atoms with Crippen LogP contribution in [0.4, 0.5) is 0 Å². The van der Waals surface area contributed by atoms with Gasteiger partial charge in [-0.3, -0.25) is 0 Å². The first-order valence-electron chi connectivity index (χ1n) is 6.31. The Morgan fingerprint density at radius 2 is 2.22 bits per heavy atom. The van der Waals surface area contributed by atoms with E-state index < -0.39 is 0 Å². The Hall–Kier alpha value is -0.710. The number of methoxy groups -OCH3 is 1. The van der Waals surface area contributed by atoms with Crippen LogP contribution in [0.3, 0.4) is 0 Å². The smallest absolute Gasteiger partial charge is 0.119 e. The summed E-state index contributed by atoms with van der Waals surface area (Å²) in [4.78, 5) is 0. The van der Waals surface area contributed by atoms with Gasteiger partial charge in [0.2, 0.25) is 0 Å². The highest BCUT2D eigenvalue weighted by molar-refractivity contribution is 7.99. The number of hydrogen-bond acceptors (Lipinski definition) is 4. The van der Waals surface area contributed by atoms with Crippen LogP contribution in [0.5, 0.6) is 5.75 Å². The molecule has 0 radical (unpaired) electrons.